The second-order valence-corrected chi connectivity index (χ2v) is 7.15. The van der Waals surface area contributed by atoms with Gasteiger partial charge in [-0.1, -0.05) is 6.07 Å². The SMILES string of the molecule is COc1cc(CO)ccc1S(=O)(=O)NCC1CCN(C)C1. The number of hydrogen-bond acceptors (Lipinski definition) is 5. The van der Waals surface area contributed by atoms with Crippen LogP contribution in [-0.4, -0.2) is 52.2 Å². The number of rotatable bonds is 6. The molecule has 0 amide bonds. The van der Waals surface area contributed by atoms with Crippen LogP contribution in [0.2, 0.25) is 0 Å². The van der Waals surface area contributed by atoms with Crippen molar-refractivity contribution in [1.82, 2.24) is 9.62 Å². The summed E-state index contributed by atoms with van der Waals surface area (Å²) in [6.45, 7) is 2.18. The summed E-state index contributed by atoms with van der Waals surface area (Å²) in [7, 11) is -0.157. The van der Waals surface area contributed by atoms with Crippen LogP contribution in [-0.2, 0) is 16.6 Å². The Morgan fingerprint density at radius 3 is 2.81 bits per heavy atom. The van der Waals surface area contributed by atoms with Crippen molar-refractivity contribution < 1.29 is 18.3 Å². The van der Waals surface area contributed by atoms with Gasteiger partial charge in [0.05, 0.1) is 13.7 Å². The summed E-state index contributed by atoms with van der Waals surface area (Å²) in [6, 6.07) is 4.59. The molecule has 1 aliphatic rings. The van der Waals surface area contributed by atoms with Crippen LogP contribution in [0, 0.1) is 5.92 Å². The van der Waals surface area contributed by atoms with E-state index in [-0.39, 0.29) is 17.3 Å². The first kappa shape index (κ1) is 16.2. The number of nitrogens with zero attached hydrogens (tertiary/aromatic N) is 1. The highest BCUT2D eigenvalue weighted by molar-refractivity contribution is 7.89. The third-order valence-corrected chi connectivity index (χ3v) is 5.21. The van der Waals surface area contributed by atoms with E-state index in [0.29, 0.717) is 18.0 Å². The molecule has 21 heavy (non-hydrogen) atoms. The molecule has 0 bridgehead atoms. The highest BCUT2D eigenvalue weighted by Gasteiger charge is 2.24. The minimum absolute atomic E-state index is 0.105. The molecule has 1 fully saturated rings. The van der Waals surface area contributed by atoms with Crippen LogP contribution in [0.1, 0.15) is 12.0 Å². The molecular weight excluding hydrogens is 292 g/mol. The molecule has 0 saturated carbocycles. The molecular formula is C14H22N2O4S. The number of benzene rings is 1. The van der Waals surface area contributed by atoms with Gasteiger partial charge in [0.1, 0.15) is 10.6 Å². The molecule has 0 aliphatic carbocycles. The first-order chi connectivity index (χ1) is 9.96. The highest BCUT2D eigenvalue weighted by Crippen LogP contribution is 2.25. The summed E-state index contributed by atoms with van der Waals surface area (Å²) < 4.78 is 32.5. The number of aliphatic hydroxyl groups is 1. The van der Waals surface area contributed by atoms with Gasteiger partial charge in [-0.15, -0.1) is 0 Å². The van der Waals surface area contributed by atoms with Gasteiger partial charge in [0.2, 0.25) is 10.0 Å². The van der Waals surface area contributed by atoms with Crippen molar-refractivity contribution in [2.24, 2.45) is 5.92 Å². The highest BCUT2D eigenvalue weighted by atomic mass is 32.2. The lowest BCUT2D eigenvalue weighted by atomic mass is 10.1. The van der Waals surface area contributed by atoms with Crippen molar-refractivity contribution in [3.63, 3.8) is 0 Å². The first-order valence-electron chi connectivity index (χ1n) is 6.92. The number of hydrogen-bond donors (Lipinski definition) is 2. The summed E-state index contributed by atoms with van der Waals surface area (Å²) in [6.07, 6.45) is 1.000. The van der Waals surface area contributed by atoms with E-state index < -0.39 is 10.0 Å². The number of methoxy groups -OCH3 is 1. The van der Waals surface area contributed by atoms with Crippen LogP contribution >= 0.6 is 0 Å². The van der Waals surface area contributed by atoms with Gasteiger partial charge in [0.15, 0.2) is 0 Å². The van der Waals surface area contributed by atoms with Gasteiger partial charge in [0.25, 0.3) is 0 Å². The molecule has 0 spiro atoms. The van der Waals surface area contributed by atoms with Crippen molar-refractivity contribution in [3.05, 3.63) is 23.8 Å². The van der Waals surface area contributed by atoms with Gasteiger partial charge in [-0.2, -0.15) is 0 Å². The normalized spacial score (nSPS) is 19.9. The minimum Gasteiger partial charge on any atom is -0.495 e. The Morgan fingerprint density at radius 1 is 1.48 bits per heavy atom. The zero-order valence-electron chi connectivity index (χ0n) is 12.4. The van der Waals surface area contributed by atoms with E-state index in [1.54, 1.807) is 6.07 Å². The molecule has 118 valence electrons. The third-order valence-electron chi connectivity index (χ3n) is 3.75. The average Bonchev–Trinajstić information content (AvgIpc) is 2.90. The zero-order chi connectivity index (χ0) is 15.5. The fraction of sp³-hybridized carbons (Fsp3) is 0.571. The lowest BCUT2D eigenvalue weighted by Crippen LogP contribution is -2.30. The van der Waals surface area contributed by atoms with Crippen LogP contribution in [0.15, 0.2) is 23.1 Å². The summed E-state index contributed by atoms with van der Waals surface area (Å²) in [5, 5.41) is 9.10. The molecule has 1 saturated heterocycles. The van der Waals surface area contributed by atoms with E-state index in [0.717, 1.165) is 19.5 Å². The van der Waals surface area contributed by atoms with E-state index >= 15 is 0 Å². The second kappa shape index (κ2) is 6.74. The number of aliphatic hydroxyl groups excluding tert-OH is 1. The number of sulfonamides is 1. The standard InChI is InChI=1S/C14H22N2O4S/c1-16-6-5-12(9-16)8-15-21(18,19)14-4-3-11(10-17)7-13(14)20-2/h3-4,7,12,15,17H,5-6,8-10H2,1-2H3. The number of likely N-dealkylation sites (tertiary alicyclic amines) is 1. The van der Waals surface area contributed by atoms with Crippen LogP contribution in [0.5, 0.6) is 5.75 Å². The molecule has 6 nitrogen and oxygen atoms in total. The summed E-state index contributed by atoms with van der Waals surface area (Å²) in [4.78, 5) is 2.30. The van der Waals surface area contributed by atoms with Crippen molar-refractivity contribution in [2.75, 3.05) is 33.8 Å². The van der Waals surface area contributed by atoms with Gasteiger partial charge >= 0.3 is 0 Å². The quantitative estimate of drug-likeness (QED) is 0.795. The monoisotopic (exact) mass is 314 g/mol. The predicted molar refractivity (Wildman–Crippen MR) is 79.7 cm³/mol. The maximum absolute atomic E-state index is 12.4. The smallest absolute Gasteiger partial charge is 0.244 e. The van der Waals surface area contributed by atoms with E-state index in [4.69, 9.17) is 9.84 Å². The Bertz CT molecular complexity index is 589. The number of ether oxygens (including phenoxy) is 1. The van der Waals surface area contributed by atoms with Crippen molar-refractivity contribution in [3.8, 4) is 5.75 Å². The Balaban J connectivity index is 2.11. The Morgan fingerprint density at radius 2 is 2.24 bits per heavy atom. The van der Waals surface area contributed by atoms with E-state index in [1.807, 2.05) is 7.05 Å². The van der Waals surface area contributed by atoms with E-state index in [1.165, 1.54) is 19.2 Å². The van der Waals surface area contributed by atoms with Crippen LogP contribution < -0.4 is 9.46 Å². The van der Waals surface area contributed by atoms with Crippen LogP contribution in [0.3, 0.4) is 0 Å². The van der Waals surface area contributed by atoms with Gasteiger partial charge in [-0.3, -0.25) is 0 Å². The van der Waals surface area contributed by atoms with Crippen LogP contribution in [0.25, 0.3) is 0 Å². The maximum atomic E-state index is 12.4. The fourth-order valence-electron chi connectivity index (χ4n) is 2.53. The first-order valence-corrected chi connectivity index (χ1v) is 8.40. The Hall–Kier alpha value is -1.15. The van der Waals surface area contributed by atoms with Crippen LogP contribution in [0.4, 0.5) is 0 Å². The summed E-state index contributed by atoms with van der Waals surface area (Å²) >= 11 is 0. The topological polar surface area (TPSA) is 78.9 Å². The molecule has 0 radical (unpaired) electrons. The van der Waals surface area contributed by atoms with Crippen molar-refractivity contribution in [1.29, 1.82) is 0 Å². The third kappa shape index (κ3) is 3.94. The molecule has 1 atom stereocenters. The Kier molecular flexibility index (Phi) is 5.21. The minimum atomic E-state index is -3.61. The molecule has 7 heteroatoms. The molecule has 1 heterocycles. The summed E-state index contributed by atoms with van der Waals surface area (Å²) in [5.74, 6) is 0.588. The van der Waals surface area contributed by atoms with Gasteiger partial charge in [0, 0.05) is 13.1 Å². The Labute approximate surface area is 125 Å². The molecule has 1 aliphatic heterocycles. The van der Waals surface area contributed by atoms with Crippen molar-refractivity contribution >= 4 is 10.0 Å². The second-order valence-electron chi connectivity index (χ2n) is 5.41. The lowest BCUT2D eigenvalue weighted by Gasteiger charge is -2.14. The number of nitrogens with one attached hydrogen (secondary N) is 1. The molecule has 2 N–H and O–H groups in total. The lowest BCUT2D eigenvalue weighted by molar-refractivity contribution is 0.280. The molecule has 2 rings (SSSR count). The zero-order valence-corrected chi connectivity index (χ0v) is 13.2. The van der Waals surface area contributed by atoms with Gasteiger partial charge < -0.3 is 14.7 Å². The average molecular weight is 314 g/mol. The molecule has 1 aromatic carbocycles. The molecule has 1 aromatic rings. The molecule has 0 aromatic heterocycles. The fourth-order valence-corrected chi connectivity index (χ4v) is 3.80. The maximum Gasteiger partial charge on any atom is 0.244 e. The molecule has 1 unspecified atom stereocenters. The summed E-state index contributed by atoms with van der Waals surface area (Å²) in [5.41, 5.74) is 0.614. The largest absolute Gasteiger partial charge is 0.495 e. The van der Waals surface area contributed by atoms with E-state index in [2.05, 4.69) is 9.62 Å². The van der Waals surface area contributed by atoms with Crippen molar-refractivity contribution in [2.45, 2.75) is 17.9 Å². The predicted octanol–water partition coefficient (Wildman–Crippen LogP) is 0.417. The van der Waals surface area contributed by atoms with E-state index in [9.17, 15) is 8.42 Å². The van der Waals surface area contributed by atoms with Gasteiger partial charge in [-0.05, 0) is 43.6 Å². The van der Waals surface area contributed by atoms with Gasteiger partial charge in [-0.25, -0.2) is 13.1 Å².